The summed E-state index contributed by atoms with van der Waals surface area (Å²) in [7, 11) is 0. The lowest BCUT2D eigenvalue weighted by Crippen LogP contribution is -2.01. The number of ether oxygens (including phenoxy) is 1. The molecule has 3 aromatic rings. The molecule has 0 aliphatic carbocycles. The summed E-state index contributed by atoms with van der Waals surface area (Å²) in [6.45, 7) is -0.0841. The quantitative estimate of drug-likeness (QED) is 0.747. The molecule has 2 N–H and O–H groups in total. The van der Waals surface area contributed by atoms with E-state index in [0.717, 1.165) is 23.6 Å². The predicted molar refractivity (Wildman–Crippen MR) is 76.8 cm³/mol. The van der Waals surface area contributed by atoms with Gasteiger partial charge in [-0.1, -0.05) is 0 Å². The zero-order valence-electron chi connectivity index (χ0n) is 11.0. The number of aromatic nitrogens is 1. The van der Waals surface area contributed by atoms with Gasteiger partial charge in [0.05, 0.1) is 0 Å². The van der Waals surface area contributed by atoms with Crippen molar-refractivity contribution >= 4 is 16.6 Å². The average Bonchev–Trinajstić information content (AvgIpc) is 2.50. The molecule has 0 amide bonds. The molecule has 0 atom stereocenters. The summed E-state index contributed by atoms with van der Waals surface area (Å²) in [4.78, 5) is 4.22. The SMILES string of the molecule is Nc1ccc(OCc2cc(F)ccc2F)c2ncccc12. The fraction of sp³-hybridized carbons (Fsp3) is 0.0625. The Balaban J connectivity index is 1.92. The predicted octanol–water partition coefficient (Wildman–Crippen LogP) is 3.67. The van der Waals surface area contributed by atoms with Crippen molar-refractivity contribution in [2.45, 2.75) is 6.61 Å². The van der Waals surface area contributed by atoms with Gasteiger partial charge in [0.15, 0.2) is 0 Å². The van der Waals surface area contributed by atoms with Crippen LogP contribution in [0.15, 0.2) is 48.7 Å². The number of anilines is 1. The molecule has 21 heavy (non-hydrogen) atoms. The summed E-state index contributed by atoms with van der Waals surface area (Å²) < 4.78 is 32.3. The second kappa shape index (κ2) is 5.36. The van der Waals surface area contributed by atoms with Crippen molar-refractivity contribution in [3.63, 3.8) is 0 Å². The fourth-order valence-electron chi connectivity index (χ4n) is 2.09. The molecular formula is C16H12F2N2O. The number of hydrogen-bond donors (Lipinski definition) is 1. The Hall–Kier alpha value is -2.69. The van der Waals surface area contributed by atoms with Gasteiger partial charge in [-0.2, -0.15) is 0 Å². The van der Waals surface area contributed by atoms with Crippen LogP contribution in [0, 0.1) is 11.6 Å². The highest BCUT2D eigenvalue weighted by atomic mass is 19.1. The van der Waals surface area contributed by atoms with E-state index in [1.54, 1.807) is 24.4 Å². The molecule has 0 aliphatic rings. The molecule has 3 nitrogen and oxygen atoms in total. The van der Waals surface area contributed by atoms with Crippen molar-refractivity contribution in [3.8, 4) is 5.75 Å². The maximum Gasteiger partial charge on any atom is 0.146 e. The van der Waals surface area contributed by atoms with Gasteiger partial charge in [-0.05, 0) is 42.5 Å². The van der Waals surface area contributed by atoms with Crippen LogP contribution in [0.2, 0.25) is 0 Å². The molecule has 0 saturated heterocycles. The first-order valence-corrected chi connectivity index (χ1v) is 6.35. The minimum atomic E-state index is -0.510. The number of nitrogen functional groups attached to an aromatic ring is 1. The van der Waals surface area contributed by atoms with E-state index in [-0.39, 0.29) is 12.2 Å². The Bertz CT molecular complexity index is 805. The van der Waals surface area contributed by atoms with Crippen LogP contribution in [0.4, 0.5) is 14.5 Å². The van der Waals surface area contributed by atoms with Crippen LogP contribution in [-0.4, -0.2) is 4.98 Å². The maximum absolute atomic E-state index is 13.6. The number of hydrogen-bond acceptors (Lipinski definition) is 3. The lowest BCUT2D eigenvalue weighted by molar-refractivity contribution is 0.302. The first-order chi connectivity index (χ1) is 10.1. The Morgan fingerprint density at radius 3 is 2.81 bits per heavy atom. The van der Waals surface area contributed by atoms with E-state index in [2.05, 4.69) is 4.98 Å². The first kappa shape index (κ1) is 13.3. The molecule has 0 radical (unpaired) electrons. The number of fused-ring (bicyclic) bond motifs is 1. The van der Waals surface area contributed by atoms with Gasteiger partial charge in [0.1, 0.15) is 29.5 Å². The molecule has 1 aromatic heterocycles. The molecule has 1 heterocycles. The van der Waals surface area contributed by atoms with E-state index < -0.39 is 11.6 Å². The third kappa shape index (κ3) is 2.63. The van der Waals surface area contributed by atoms with Gasteiger partial charge >= 0.3 is 0 Å². The lowest BCUT2D eigenvalue weighted by Gasteiger charge is -2.10. The molecule has 2 aromatic carbocycles. The molecule has 0 spiro atoms. The normalized spacial score (nSPS) is 10.8. The zero-order valence-corrected chi connectivity index (χ0v) is 11.0. The molecule has 5 heteroatoms. The molecule has 0 aliphatic heterocycles. The Morgan fingerprint density at radius 1 is 1.10 bits per heavy atom. The second-order valence-corrected chi connectivity index (χ2v) is 4.58. The Morgan fingerprint density at radius 2 is 1.95 bits per heavy atom. The van der Waals surface area contributed by atoms with Crippen LogP contribution in [0.3, 0.4) is 0 Å². The van der Waals surface area contributed by atoms with Gasteiger partial charge in [-0.3, -0.25) is 4.98 Å². The minimum absolute atomic E-state index is 0.0841. The summed E-state index contributed by atoms with van der Waals surface area (Å²) in [6, 6.07) is 10.2. The fourth-order valence-corrected chi connectivity index (χ4v) is 2.09. The second-order valence-electron chi connectivity index (χ2n) is 4.58. The first-order valence-electron chi connectivity index (χ1n) is 6.35. The standard InChI is InChI=1S/C16H12F2N2O/c17-11-3-4-13(18)10(8-11)9-21-15-6-5-14(19)12-2-1-7-20-16(12)15/h1-8H,9,19H2. The van der Waals surface area contributed by atoms with Gasteiger partial charge in [0, 0.05) is 22.8 Å². The molecule has 3 rings (SSSR count). The topological polar surface area (TPSA) is 48.1 Å². The molecular weight excluding hydrogens is 274 g/mol. The highest BCUT2D eigenvalue weighted by Gasteiger charge is 2.09. The summed E-state index contributed by atoms with van der Waals surface area (Å²) in [5.41, 5.74) is 7.20. The minimum Gasteiger partial charge on any atom is -0.487 e. The van der Waals surface area contributed by atoms with E-state index in [0.29, 0.717) is 17.0 Å². The highest BCUT2D eigenvalue weighted by Crippen LogP contribution is 2.28. The van der Waals surface area contributed by atoms with E-state index in [1.165, 1.54) is 0 Å². The van der Waals surface area contributed by atoms with Gasteiger partial charge in [0.25, 0.3) is 0 Å². The van der Waals surface area contributed by atoms with Crippen molar-refractivity contribution < 1.29 is 13.5 Å². The highest BCUT2D eigenvalue weighted by molar-refractivity contribution is 5.94. The van der Waals surface area contributed by atoms with Crippen LogP contribution in [0.1, 0.15) is 5.56 Å². The van der Waals surface area contributed by atoms with E-state index in [9.17, 15) is 8.78 Å². The van der Waals surface area contributed by atoms with Crippen LogP contribution in [0.5, 0.6) is 5.75 Å². The van der Waals surface area contributed by atoms with Crippen molar-refractivity contribution in [1.29, 1.82) is 0 Å². The largest absolute Gasteiger partial charge is 0.487 e. The van der Waals surface area contributed by atoms with Gasteiger partial charge in [0.2, 0.25) is 0 Å². The van der Waals surface area contributed by atoms with Crippen molar-refractivity contribution in [1.82, 2.24) is 4.98 Å². The number of pyridine rings is 1. The van der Waals surface area contributed by atoms with Crippen molar-refractivity contribution in [2.75, 3.05) is 5.73 Å². The third-order valence-electron chi connectivity index (χ3n) is 3.16. The Kier molecular flexibility index (Phi) is 3.39. The third-order valence-corrected chi connectivity index (χ3v) is 3.16. The average molecular weight is 286 g/mol. The number of rotatable bonds is 3. The van der Waals surface area contributed by atoms with E-state index in [4.69, 9.17) is 10.5 Å². The monoisotopic (exact) mass is 286 g/mol. The van der Waals surface area contributed by atoms with Crippen LogP contribution in [-0.2, 0) is 6.61 Å². The summed E-state index contributed by atoms with van der Waals surface area (Å²) >= 11 is 0. The van der Waals surface area contributed by atoms with Crippen LogP contribution >= 0.6 is 0 Å². The molecule has 0 unspecified atom stereocenters. The molecule has 0 fully saturated rings. The van der Waals surface area contributed by atoms with E-state index in [1.807, 2.05) is 6.07 Å². The molecule has 0 saturated carbocycles. The molecule has 0 bridgehead atoms. The summed E-state index contributed by atoms with van der Waals surface area (Å²) in [5, 5.41) is 0.759. The number of halogens is 2. The summed E-state index contributed by atoms with van der Waals surface area (Å²) in [5.74, 6) is -0.539. The van der Waals surface area contributed by atoms with Crippen molar-refractivity contribution in [3.05, 3.63) is 65.9 Å². The Labute approximate surface area is 120 Å². The number of nitrogens with two attached hydrogens (primary N) is 1. The zero-order chi connectivity index (χ0) is 14.8. The lowest BCUT2D eigenvalue weighted by atomic mass is 10.1. The van der Waals surface area contributed by atoms with Crippen molar-refractivity contribution in [2.24, 2.45) is 0 Å². The van der Waals surface area contributed by atoms with Crippen LogP contribution in [0.25, 0.3) is 10.9 Å². The van der Waals surface area contributed by atoms with E-state index >= 15 is 0 Å². The van der Waals surface area contributed by atoms with Crippen LogP contribution < -0.4 is 10.5 Å². The van der Waals surface area contributed by atoms with Gasteiger partial charge in [-0.15, -0.1) is 0 Å². The van der Waals surface area contributed by atoms with Gasteiger partial charge in [-0.25, -0.2) is 8.78 Å². The number of nitrogens with zero attached hydrogens (tertiary/aromatic N) is 1. The number of benzene rings is 2. The van der Waals surface area contributed by atoms with Gasteiger partial charge < -0.3 is 10.5 Å². The maximum atomic E-state index is 13.6. The molecule has 106 valence electrons. The smallest absolute Gasteiger partial charge is 0.146 e. The summed E-state index contributed by atoms with van der Waals surface area (Å²) in [6.07, 6.45) is 1.62.